The van der Waals surface area contributed by atoms with Gasteiger partial charge in [-0.1, -0.05) is 26.8 Å². The highest BCUT2D eigenvalue weighted by atomic mass is 19.1. The number of benzene rings is 1. The molecule has 0 bridgehead atoms. The Morgan fingerprint density at radius 3 is 2.58 bits per heavy atom. The number of esters is 1. The minimum atomic E-state index is -0.453. The molecule has 0 aliphatic rings. The zero-order valence-electron chi connectivity index (χ0n) is 12.0. The maximum Gasteiger partial charge on any atom is 0.310 e. The summed E-state index contributed by atoms with van der Waals surface area (Å²) in [7, 11) is 1.47. The normalized spacial score (nSPS) is 11.2. The minimum absolute atomic E-state index is 0.0475. The van der Waals surface area contributed by atoms with Crippen molar-refractivity contribution < 1.29 is 18.7 Å². The molecule has 106 valence electrons. The predicted octanol–water partition coefficient (Wildman–Crippen LogP) is 3.36. The van der Waals surface area contributed by atoms with Crippen LogP contribution in [0.4, 0.5) is 4.39 Å². The van der Waals surface area contributed by atoms with Crippen molar-refractivity contribution in [3.05, 3.63) is 29.6 Å². The molecule has 0 atom stereocenters. The van der Waals surface area contributed by atoms with Gasteiger partial charge in [-0.2, -0.15) is 0 Å². The Morgan fingerprint density at radius 1 is 1.37 bits per heavy atom. The number of rotatable bonds is 6. The van der Waals surface area contributed by atoms with E-state index in [1.807, 2.05) is 20.8 Å². The van der Waals surface area contributed by atoms with Crippen LogP contribution in [0.2, 0.25) is 0 Å². The van der Waals surface area contributed by atoms with Crippen LogP contribution in [-0.4, -0.2) is 19.7 Å². The van der Waals surface area contributed by atoms with E-state index in [4.69, 9.17) is 9.47 Å². The summed E-state index contributed by atoms with van der Waals surface area (Å²) in [5, 5.41) is 0. The number of halogens is 1. The average molecular weight is 268 g/mol. The molecule has 0 fully saturated rings. The van der Waals surface area contributed by atoms with Crippen molar-refractivity contribution in [1.29, 1.82) is 0 Å². The molecule has 0 heterocycles. The van der Waals surface area contributed by atoms with E-state index >= 15 is 0 Å². The lowest BCUT2D eigenvalue weighted by Gasteiger charge is -2.21. The first-order chi connectivity index (χ1) is 8.88. The number of ether oxygens (including phenoxy) is 2. The van der Waals surface area contributed by atoms with Crippen molar-refractivity contribution in [2.45, 2.75) is 33.6 Å². The van der Waals surface area contributed by atoms with E-state index in [9.17, 15) is 9.18 Å². The first-order valence-electron chi connectivity index (χ1n) is 6.36. The molecule has 0 spiro atoms. The van der Waals surface area contributed by atoms with Crippen LogP contribution in [0.5, 0.6) is 5.75 Å². The largest absolute Gasteiger partial charge is 0.497 e. The number of methoxy groups -OCH3 is 1. The first-order valence-corrected chi connectivity index (χ1v) is 6.36. The van der Waals surface area contributed by atoms with Crippen molar-refractivity contribution in [2.24, 2.45) is 5.41 Å². The Balaban J connectivity index is 2.58. The average Bonchev–Trinajstić information content (AvgIpc) is 2.39. The fourth-order valence-electron chi connectivity index (χ4n) is 1.38. The van der Waals surface area contributed by atoms with E-state index < -0.39 is 11.8 Å². The molecule has 1 aromatic rings. The Hall–Kier alpha value is -1.58. The molecule has 0 saturated heterocycles. The van der Waals surface area contributed by atoms with Gasteiger partial charge in [0, 0.05) is 6.07 Å². The van der Waals surface area contributed by atoms with Gasteiger partial charge in [0.15, 0.2) is 0 Å². The molecule has 4 heteroatoms. The van der Waals surface area contributed by atoms with Crippen molar-refractivity contribution in [2.75, 3.05) is 13.7 Å². The van der Waals surface area contributed by atoms with E-state index in [0.717, 1.165) is 6.42 Å². The molecule has 0 aliphatic carbocycles. The zero-order valence-corrected chi connectivity index (χ0v) is 12.0. The lowest BCUT2D eigenvalue weighted by molar-refractivity contribution is -0.146. The molecule has 0 unspecified atom stereocenters. The number of hydrogen-bond acceptors (Lipinski definition) is 3. The molecule has 1 aromatic carbocycles. The highest BCUT2D eigenvalue weighted by Gasteiger charge is 2.18. The second-order valence-electron chi connectivity index (χ2n) is 5.31. The van der Waals surface area contributed by atoms with Crippen LogP contribution in [0, 0.1) is 11.2 Å². The van der Waals surface area contributed by atoms with Gasteiger partial charge in [0.1, 0.15) is 11.6 Å². The van der Waals surface area contributed by atoms with E-state index in [1.165, 1.54) is 13.2 Å². The molecule has 0 amide bonds. The lowest BCUT2D eigenvalue weighted by atomic mass is 9.92. The van der Waals surface area contributed by atoms with Crippen LogP contribution in [0.1, 0.15) is 32.8 Å². The second-order valence-corrected chi connectivity index (χ2v) is 5.31. The van der Waals surface area contributed by atoms with Gasteiger partial charge in [-0.05, 0) is 23.5 Å². The summed E-state index contributed by atoms with van der Waals surface area (Å²) in [5.41, 5.74) is 0.272. The number of carbonyl (C=O) groups is 1. The van der Waals surface area contributed by atoms with E-state index in [-0.39, 0.29) is 11.8 Å². The second kappa shape index (κ2) is 6.55. The van der Waals surface area contributed by atoms with Gasteiger partial charge in [0.25, 0.3) is 0 Å². The summed E-state index contributed by atoms with van der Waals surface area (Å²) >= 11 is 0. The minimum Gasteiger partial charge on any atom is -0.497 e. The van der Waals surface area contributed by atoms with Gasteiger partial charge >= 0.3 is 5.97 Å². The lowest BCUT2D eigenvalue weighted by Crippen LogP contribution is -2.22. The van der Waals surface area contributed by atoms with Crippen molar-refractivity contribution in [3.8, 4) is 5.75 Å². The van der Waals surface area contributed by atoms with Crippen LogP contribution in [0.25, 0.3) is 0 Å². The summed E-state index contributed by atoms with van der Waals surface area (Å²) < 4.78 is 23.7. The van der Waals surface area contributed by atoms with E-state index in [0.29, 0.717) is 17.9 Å². The fraction of sp³-hybridized carbons (Fsp3) is 0.533. The molecule has 3 nitrogen and oxygen atoms in total. The highest BCUT2D eigenvalue weighted by Crippen LogP contribution is 2.21. The Bertz CT molecular complexity index is 441. The Kier molecular flexibility index (Phi) is 5.33. The molecule has 0 radical (unpaired) electrons. The Labute approximate surface area is 113 Å². The summed E-state index contributed by atoms with van der Waals surface area (Å²) in [6.45, 7) is 6.43. The quantitative estimate of drug-likeness (QED) is 0.742. The molecule has 0 aromatic heterocycles. The maximum absolute atomic E-state index is 13.7. The molecule has 0 aliphatic heterocycles. The van der Waals surface area contributed by atoms with Crippen LogP contribution < -0.4 is 4.74 Å². The van der Waals surface area contributed by atoms with Crippen molar-refractivity contribution in [1.82, 2.24) is 0 Å². The summed E-state index contributed by atoms with van der Waals surface area (Å²) in [5.74, 6) is -0.432. The SMILES string of the molecule is CCC(C)(C)COC(=O)Cc1ccc(OC)cc1F. The molecule has 19 heavy (non-hydrogen) atoms. The van der Waals surface area contributed by atoms with Gasteiger partial charge in [0.2, 0.25) is 0 Å². The molecule has 0 N–H and O–H groups in total. The van der Waals surface area contributed by atoms with E-state index in [2.05, 4.69) is 0 Å². The smallest absolute Gasteiger partial charge is 0.310 e. The molecule has 1 rings (SSSR count). The molecular weight excluding hydrogens is 247 g/mol. The van der Waals surface area contributed by atoms with Crippen LogP contribution in [-0.2, 0) is 16.0 Å². The van der Waals surface area contributed by atoms with Crippen molar-refractivity contribution in [3.63, 3.8) is 0 Å². The third-order valence-corrected chi connectivity index (χ3v) is 3.18. The predicted molar refractivity (Wildman–Crippen MR) is 71.7 cm³/mol. The highest BCUT2D eigenvalue weighted by molar-refractivity contribution is 5.72. The standard InChI is InChI=1S/C15H21FO3/c1-5-15(2,3)10-19-14(17)8-11-6-7-12(18-4)9-13(11)16/h6-7,9H,5,8,10H2,1-4H3. The summed E-state index contributed by atoms with van der Waals surface area (Å²) in [4.78, 5) is 11.7. The van der Waals surface area contributed by atoms with Gasteiger partial charge in [-0.3, -0.25) is 4.79 Å². The topological polar surface area (TPSA) is 35.5 Å². The van der Waals surface area contributed by atoms with Gasteiger partial charge < -0.3 is 9.47 Å². The third-order valence-electron chi connectivity index (χ3n) is 3.18. The molecular formula is C15H21FO3. The molecule has 0 saturated carbocycles. The first kappa shape index (κ1) is 15.5. The monoisotopic (exact) mass is 268 g/mol. The third kappa shape index (κ3) is 4.89. The summed E-state index contributed by atoms with van der Waals surface area (Å²) in [6, 6.07) is 4.43. The maximum atomic E-state index is 13.7. The fourth-order valence-corrected chi connectivity index (χ4v) is 1.38. The van der Waals surface area contributed by atoms with Crippen LogP contribution in [0.3, 0.4) is 0 Å². The number of carbonyl (C=O) groups excluding carboxylic acids is 1. The van der Waals surface area contributed by atoms with Gasteiger partial charge in [-0.15, -0.1) is 0 Å². The van der Waals surface area contributed by atoms with Crippen LogP contribution in [0.15, 0.2) is 18.2 Å². The number of hydrogen-bond donors (Lipinski definition) is 0. The van der Waals surface area contributed by atoms with Crippen LogP contribution >= 0.6 is 0 Å². The van der Waals surface area contributed by atoms with Gasteiger partial charge in [-0.25, -0.2) is 4.39 Å². The summed E-state index contributed by atoms with van der Waals surface area (Å²) in [6.07, 6.45) is 0.854. The zero-order chi connectivity index (χ0) is 14.5. The van der Waals surface area contributed by atoms with Gasteiger partial charge in [0.05, 0.1) is 20.1 Å². The van der Waals surface area contributed by atoms with E-state index in [1.54, 1.807) is 12.1 Å². The van der Waals surface area contributed by atoms with Crippen molar-refractivity contribution >= 4 is 5.97 Å². The Morgan fingerprint density at radius 2 is 2.05 bits per heavy atom.